The molecule has 0 amide bonds. The first-order valence-electron chi connectivity index (χ1n) is 5.14. The normalized spacial score (nSPS) is 18.4. The number of fused-ring (bicyclic) bond motifs is 1. The van der Waals surface area contributed by atoms with Crippen molar-refractivity contribution in [2.75, 3.05) is 0 Å². The molecular weight excluding hydrogens is 240 g/mol. The van der Waals surface area contributed by atoms with Crippen LogP contribution >= 0.6 is 0 Å². The zero-order valence-corrected chi connectivity index (χ0v) is 10.3. The predicted molar refractivity (Wildman–Crippen MR) is 63.1 cm³/mol. The zero-order chi connectivity index (χ0) is 12.8. The molecule has 0 fully saturated rings. The number of carboxylic acid groups (broad SMARTS) is 1. The van der Waals surface area contributed by atoms with Gasteiger partial charge in [-0.05, 0) is 37.1 Å². The molecule has 0 radical (unpaired) electrons. The second-order valence-corrected chi connectivity index (χ2v) is 6.07. The Morgan fingerprint density at radius 3 is 2.59 bits per heavy atom. The van der Waals surface area contributed by atoms with Crippen molar-refractivity contribution in [2.24, 2.45) is 5.92 Å². The minimum Gasteiger partial charge on any atom is -0.481 e. The van der Waals surface area contributed by atoms with Gasteiger partial charge in [0.2, 0.25) is 9.84 Å². The van der Waals surface area contributed by atoms with Crippen LogP contribution in [0.3, 0.4) is 0 Å². The van der Waals surface area contributed by atoms with E-state index in [4.69, 9.17) is 5.11 Å². The van der Waals surface area contributed by atoms with Crippen LogP contribution in [0.5, 0.6) is 0 Å². The van der Waals surface area contributed by atoms with Gasteiger partial charge in [-0.25, -0.2) is 8.42 Å². The van der Waals surface area contributed by atoms with E-state index in [-0.39, 0.29) is 9.80 Å². The number of benzene rings is 1. The predicted octanol–water partition coefficient (Wildman–Crippen LogP) is 1.84. The number of hydrogen-bond acceptors (Lipinski definition) is 3. The zero-order valence-electron chi connectivity index (χ0n) is 9.47. The van der Waals surface area contributed by atoms with Gasteiger partial charge >= 0.3 is 5.97 Å². The summed E-state index contributed by atoms with van der Waals surface area (Å²) in [6, 6.07) is 5.08. The Kier molecular flexibility index (Phi) is 2.58. The molecule has 4 nitrogen and oxygen atoms in total. The lowest BCUT2D eigenvalue weighted by atomic mass is 10.1. The van der Waals surface area contributed by atoms with Gasteiger partial charge in [0.25, 0.3) is 0 Å². The Balaban J connectivity index is 2.61. The van der Waals surface area contributed by atoms with Crippen molar-refractivity contribution in [2.45, 2.75) is 18.7 Å². The molecule has 0 aliphatic carbocycles. The molecule has 1 aromatic carbocycles. The second kappa shape index (κ2) is 3.70. The maximum Gasteiger partial charge on any atom is 0.311 e. The Labute approximate surface area is 99.5 Å². The molecule has 1 N–H and O–H groups in total. The first-order valence-corrected chi connectivity index (χ1v) is 6.62. The topological polar surface area (TPSA) is 71.4 Å². The molecule has 17 heavy (non-hydrogen) atoms. The molecule has 1 aliphatic heterocycles. The fraction of sp³-hybridized carbons (Fsp3) is 0.250. The molecular formula is C12H12O4S. The Hall–Kier alpha value is -1.62. The lowest BCUT2D eigenvalue weighted by Crippen LogP contribution is -2.16. The number of rotatable bonds is 2. The van der Waals surface area contributed by atoms with Crippen LogP contribution < -0.4 is 0 Å². The number of aliphatic carboxylic acids is 1. The number of carbonyl (C=O) groups is 1. The van der Waals surface area contributed by atoms with Crippen molar-refractivity contribution in [3.8, 4) is 0 Å². The molecule has 0 spiro atoms. The third-order valence-electron chi connectivity index (χ3n) is 2.86. The summed E-state index contributed by atoms with van der Waals surface area (Å²) in [5, 5.41) is 8.90. The van der Waals surface area contributed by atoms with Gasteiger partial charge in [0.15, 0.2) is 0 Å². The third-order valence-corrected chi connectivity index (χ3v) is 4.89. The summed E-state index contributed by atoms with van der Waals surface area (Å²) in [6.45, 7) is 3.18. The number of hydrogen-bond donors (Lipinski definition) is 1. The fourth-order valence-corrected chi connectivity index (χ4v) is 3.71. The maximum atomic E-state index is 12.2. The fourth-order valence-electron chi connectivity index (χ4n) is 1.83. The number of aryl methyl sites for hydroxylation is 1. The molecule has 1 atom stereocenters. The van der Waals surface area contributed by atoms with Crippen molar-refractivity contribution in [3.63, 3.8) is 0 Å². The summed E-state index contributed by atoms with van der Waals surface area (Å²) in [6.07, 6.45) is 1.45. The molecule has 2 rings (SSSR count). The molecule has 0 bridgehead atoms. The molecule has 5 heteroatoms. The molecule has 90 valence electrons. The van der Waals surface area contributed by atoms with Crippen molar-refractivity contribution >= 4 is 21.9 Å². The summed E-state index contributed by atoms with van der Waals surface area (Å²) in [5.41, 5.74) is 1.41. The van der Waals surface area contributed by atoms with E-state index in [9.17, 15) is 13.2 Å². The lowest BCUT2D eigenvalue weighted by Gasteiger charge is -2.07. The molecule has 1 aliphatic rings. The average Bonchev–Trinajstić information content (AvgIpc) is 2.50. The highest BCUT2D eigenvalue weighted by atomic mass is 32.2. The van der Waals surface area contributed by atoms with E-state index in [1.54, 1.807) is 25.1 Å². The summed E-state index contributed by atoms with van der Waals surface area (Å²) < 4.78 is 24.3. The van der Waals surface area contributed by atoms with Gasteiger partial charge in [0.05, 0.1) is 15.7 Å². The molecule has 1 aromatic rings. The van der Waals surface area contributed by atoms with Gasteiger partial charge in [0, 0.05) is 0 Å². The first-order chi connectivity index (χ1) is 7.84. The standard InChI is InChI=1S/C12H12O4S/c1-7-3-4-9-6-10(8(2)12(13)14)17(15,16)11(9)5-7/h3-6,8H,1-2H3,(H,13,14). The van der Waals surface area contributed by atoms with E-state index in [2.05, 4.69) is 0 Å². The van der Waals surface area contributed by atoms with Crippen LogP contribution in [0.4, 0.5) is 0 Å². The van der Waals surface area contributed by atoms with Crippen LogP contribution in [0, 0.1) is 12.8 Å². The highest BCUT2D eigenvalue weighted by Gasteiger charge is 2.35. The smallest absolute Gasteiger partial charge is 0.311 e. The van der Waals surface area contributed by atoms with Crippen LogP contribution in [0.2, 0.25) is 0 Å². The van der Waals surface area contributed by atoms with Crippen LogP contribution in [-0.2, 0) is 14.6 Å². The third kappa shape index (κ3) is 1.76. The van der Waals surface area contributed by atoms with Gasteiger partial charge in [-0.2, -0.15) is 0 Å². The minimum atomic E-state index is -3.63. The SMILES string of the molecule is Cc1ccc2c(c1)S(=O)(=O)C(C(C)C(=O)O)=C2. The van der Waals surface area contributed by atoms with Crippen molar-refractivity contribution < 1.29 is 18.3 Å². The molecule has 0 aromatic heterocycles. The number of sulfone groups is 1. The van der Waals surface area contributed by atoms with E-state index in [1.807, 2.05) is 0 Å². The second-order valence-electron chi connectivity index (χ2n) is 4.15. The summed E-state index contributed by atoms with van der Waals surface area (Å²) >= 11 is 0. The quantitative estimate of drug-likeness (QED) is 0.871. The molecule has 1 heterocycles. The largest absolute Gasteiger partial charge is 0.481 e. The van der Waals surface area contributed by atoms with Crippen LogP contribution in [0.1, 0.15) is 18.1 Å². The van der Waals surface area contributed by atoms with Crippen molar-refractivity contribution in [1.29, 1.82) is 0 Å². The lowest BCUT2D eigenvalue weighted by molar-refractivity contribution is -0.139. The van der Waals surface area contributed by atoms with Crippen molar-refractivity contribution in [1.82, 2.24) is 0 Å². The van der Waals surface area contributed by atoms with Crippen LogP contribution in [0.25, 0.3) is 6.08 Å². The van der Waals surface area contributed by atoms with Gasteiger partial charge in [-0.15, -0.1) is 0 Å². The van der Waals surface area contributed by atoms with Gasteiger partial charge in [-0.1, -0.05) is 12.1 Å². The van der Waals surface area contributed by atoms with Crippen LogP contribution in [0.15, 0.2) is 28.0 Å². The summed E-state index contributed by atoms with van der Waals surface area (Å²) in [7, 11) is -3.63. The average molecular weight is 252 g/mol. The summed E-state index contributed by atoms with van der Waals surface area (Å²) in [4.78, 5) is 11.1. The van der Waals surface area contributed by atoms with Gasteiger partial charge in [-0.3, -0.25) is 4.79 Å². The van der Waals surface area contributed by atoms with E-state index < -0.39 is 21.7 Å². The first kappa shape index (κ1) is 11.9. The molecule has 1 unspecified atom stereocenters. The Bertz CT molecular complexity index is 626. The molecule has 0 saturated heterocycles. The Morgan fingerprint density at radius 1 is 1.35 bits per heavy atom. The van der Waals surface area contributed by atoms with E-state index in [0.717, 1.165) is 5.56 Å². The van der Waals surface area contributed by atoms with Crippen molar-refractivity contribution in [3.05, 3.63) is 34.2 Å². The van der Waals surface area contributed by atoms with E-state index in [1.165, 1.54) is 13.0 Å². The maximum absolute atomic E-state index is 12.2. The van der Waals surface area contributed by atoms with Gasteiger partial charge in [0.1, 0.15) is 0 Å². The Morgan fingerprint density at radius 2 is 2.00 bits per heavy atom. The monoisotopic (exact) mass is 252 g/mol. The van der Waals surface area contributed by atoms with Gasteiger partial charge < -0.3 is 5.11 Å². The molecule has 0 saturated carbocycles. The highest BCUT2D eigenvalue weighted by Crippen LogP contribution is 2.37. The summed E-state index contributed by atoms with van der Waals surface area (Å²) in [5.74, 6) is -2.16. The minimum absolute atomic E-state index is 0.0365. The van der Waals surface area contributed by atoms with Crippen LogP contribution in [-0.4, -0.2) is 19.5 Å². The number of carboxylic acids is 1. The highest BCUT2D eigenvalue weighted by molar-refractivity contribution is 7.95. The van der Waals surface area contributed by atoms with E-state index in [0.29, 0.717) is 5.56 Å². The van der Waals surface area contributed by atoms with E-state index >= 15 is 0 Å².